The van der Waals surface area contributed by atoms with Gasteiger partial charge in [0.05, 0.1) is 0 Å². The van der Waals surface area contributed by atoms with Crippen LogP contribution in [0.1, 0.15) is 28.6 Å². The highest BCUT2D eigenvalue weighted by Crippen LogP contribution is 2.20. The summed E-state index contributed by atoms with van der Waals surface area (Å²) in [6, 6.07) is 2.03. The molecule has 0 bridgehead atoms. The second kappa shape index (κ2) is 6.69. The second-order valence-corrected chi connectivity index (χ2v) is 7.39. The van der Waals surface area contributed by atoms with Crippen LogP contribution in [0, 0.1) is 6.92 Å². The molecule has 0 aliphatic heterocycles. The lowest BCUT2D eigenvalue weighted by atomic mass is 10.2. The van der Waals surface area contributed by atoms with Crippen molar-refractivity contribution in [2.24, 2.45) is 0 Å². The molecule has 0 radical (unpaired) electrons. The normalized spacial score (nSPS) is 12.0. The molecular formula is C13H20N4O2S2. The van der Waals surface area contributed by atoms with Crippen molar-refractivity contribution in [3.63, 3.8) is 0 Å². The molecule has 0 saturated carbocycles. The molecule has 0 aliphatic carbocycles. The topological polar surface area (TPSA) is 86.9 Å². The molecule has 0 aromatic carbocycles. The third-order valence-corrected chi connectivity index (χ3v) is 5.62. The number of hydrogen-bond acceptors (Lipinski definition) is 5. The van der Waals surface area contributed by atoms with Crippen molar-refractivity contribution in [1.82, 2.24) is 20.2 Å². The molecular weight excluding hydrogens is 308 g/mol. The Balaban J connectivity index is 2.19. The van der Waals surface area contributed by atoms with Gasteiger partial charge in [0.25, 0.3) is 10.0 Å². The van der Waals surface area contributed by atoms with Crippen LogP contribution >= 0.6 is 11.3 Å². The number of aromatic amines is 1. The smallest absolute Gasteiger partial charge is 0.260 e. The van der Waals surface area contributed by atoms with Gasteiger partial charge >= 0.3 is 0 Å². The number of H-pyrrole nitrogens is 1. The third kappa shape index (κ3) is 3.52. The van der Waals surface area contributed by atoms with Gasteiger partial charge in [-0.1, -0.05) is 6.92 Å². The Bertz CT molecular complexity index is 704. The van der Waals surface area contributed by atoms with E-state index in [2.05, 4.69) is 27.2 Å². The summed E-state index contributed by atoms with van der Waals surface area (Å²) < 4.78 is 27.5. The molecule has 2 heterocycles. The van der Waals surface area contributed by atoms with Gasteiger partial charge in [-0.25, -0.2) is 13.1 Å². The summed E-state index contributed by atoms with van der Waals surface area (Å²) >= 11 is 1.56. The molecule has 3 N–H and O–H groups in total. The number of hydrogen-bond donors (Lipinski definition) is 3. The molecule has 0 aliphatic rings. The van der Waals surface area contributed by atoms with Crippen LogP contribution in [0.15, 0.2) is 16.5 Å². The second-order valence-electron chi connectivity index (χ2n) is 4.71. The van der Waals surface area contributed by atoms with E-state index >= 15 is 0 Å². The highest BCUT2D eigenvalue weighted by Gasteiger charge is 2.23. The summed E-state index contributed by atoms with van der Waals surface area (Å²) in [6.07, 6.45) is 0.896. The summed E-state index contributed by atoms with van der Waals surface area (Å²) in [4.78, 5) is 1.04. The van der Waals surface area contributed by atoms with Gasteiger partial charge in [-0.3, -0.25) is 5.10 Å². The van der Waals surface area contributed by atoms with Gasteiger partial charge in [-0.2, -0.15) is 5.10 Å². The zero-order valence-electron chi connectivity index (χ0n) is 12.4. The molecule has 21 heavy (non-hydrogen) atoms. The van der Waals surface area contributed by atoms with Crippen LogP contribution in [0.5, 0.6) is 0 Å². The van der Waals surface area contributed by atoms with Crippen LogP contribution < -0.4 is 10.0 Å². The quantitative estimate of drug-likeness (QED) is 0.719. The number of aryl methyl sites for hydroxylation is 2. The average molecular weight is 328 g/mol. The minimum absolute atomic E-state index is 0.0731. The monoisotopic (exact) mass is 328 g/mol. The van der Waals surface area contributed by atoms with Gasteiger partial charge in [-0.05, 0) is 37.4 Å². The Hall–Kier alpha value is -1.22. The summed E-state index contributed by atoms with van der Waals surface area (Å²) in [6.45, 7) is 4.63. The van der Waals surface area contributed by atoms with Crippen molar-refractivity contribution >= 4 is 21.4 Å². The van der Waals surface area contributed by atoms with Gasteiger partial charge in [0.2, 0.25) is 0 Å². The molecule has 2 rings (SSSR count). The Kier molecular flexibility index (Phi) is 5.15. The number of rotatable bonds is 7. The predicted octanol–water partition coefficient (Wildman–Crippen LogP) is 1.54. The molecule has 0 saturated heterocycles. The maximum Gasteiger partial charge on any atom is 0.260 e. The van der Waals surface area contributed by atoms with E-state index in [1.807, 2.05) is 18.4 Å². The number of sulfonamides is 1. The molecule has 0 atom stereocenters. The van der Waals surface area contributed by atoms with Crippen molar-refractivity contribution in [2.75, 3.05) is 7.05 Å². The molecule has 2 aromatic rings. The van der Waals surface area contributed by atoms with Crippen molar-refractivity contribution < 1.29 is 8.42 Å². The van der Waals surface area contributed by atoms with Gasteiger partial charge in [0, 0.05) is 29.2 Å². The van der Waals surface area contributed by atoms with Crippen molar-refractivity contribution in [3.8, 4) is 0 Å². The molecule has 0 spiro atoms. The van der Waals surface area contributed by atoms with Crippen LogP contribution in [-0.4, -0.2) is 25.7 Å². The molecule has 0 amide bonds. The Morgan fingerprint density at radius 1 is 1.38 bits per heavy atom. The SMILES string of the molecule is CCc1ccsc1CNS(=O)(=O)c1n[nH]c(C)c1CNC. The van der Waals surface area contributed by atoms with E-state index in [1.54, 1.807) is 18.4 Å². The van der Waals surface area contributed by atoms with E-state index in [4.69, 9.17) is 0 Å². The van der Waals surface area contributed by atoms with E-state index in [0.29, 0.717) is 18.7 Å². The van der Waals surface area contributed by atoms with E-state index in [0.717, 1.165) is 17.0 Å². The van der Waals surface area contributed by atoms with Gasteiger partial charge in [-0.15, -0.1) is 11.3 Å². The number of thiophene rings is 1. The zero-order chi connectivity index (χ0) is 15.5. The molecule has 6 nitrogen and oxygen atoms in total. The highest BCUT2D eigenvalue weighted by atomic mass is 32.2. The predicted molar refractivity (Wildman–Crippen MR) is 83.8 cm³/mol. The van der Waals surface area contributed by atoms with Crippen LogP contribution in [-0.2, 0) is 29.5 Å². The maximum absolute atomic E-state index is 12.4. The first kappa shape index (κ1) is 16.2. The van der Waals surface area contributed by atoms with Crippen molar-refractivity contribution in [3.05, 3.63) is 33.1 Å². The number of nitrogens with zero attached hydrogens (tertiary/aromatic N) is 1. The Morgan fingerprint density at radius 2 is 2.14 bits per heavy atom. The van der Waals surface area contributed by atoms with Crippen LogP contribution in [0.4, 0.5) is 0 Å². The van der Waals surface area contributed by atoms with Crippen LogP contribution in [0.2, 0.25) is 0 Å². The Morgan fingerprint density at radius 3 is 2.81 bits per heavy atom. The fourth-order valence-corrected chi connectivity index (χ4v) is 4.30. The van der Waals surface area contributed by atoms with Gasteiger partial charge < -0.3 is 5.32 Å². The summed E-state index contributed by atoms with van der Waals surface area (Å²) in [5, 5.41) is 11.7. The molecule has 0 fully saturated rings. The van der Waals surface area contributed by atoms with Crippen LogP contribution in [0.3, 0.4) is 0 Å². The minimum atomic E-state index is -3.62. The highest BCUT2D eigenvalue weighted by molar-refractivity contribution is 7.89. The summed E-state index contributed by atoms with van der Waals surface area (Å²) in [7, 11) is -1.85. The largest absolute Gasteiger partial charge is 0.316 e. The first-order chi connectivity index (χ1) is 9.99. The van der Waals surface area contributed by atoms with Gasteiger partial charge in [0.1, 0.15) is 0 Å². The first-order valence-corrected chi connectivity index (χ1v) is 9.09. The molecule has 0 unspecified atom stereocenters. The lowest BCUT2D eigenvalue weighted by Gasteiger charge is -2.07. The third-order valence-electron chi connectivity index (χ3n) is 3.29. The molecule has 8 heteroatoms. The summed E-state index contributed by atoms with van der Waals surface area (Å²) in [5.74, 6) is 0. The molecule has 116 valence electrons. The average Bonchev–Trinajstić information content (AvgIpc) is 3.04. The van der Waals surface area contributed by atoms with E-state index in [9.17, 15) is 8.42 Å². The maximum atomic E-state index is 12.4. The van der Waals surface area contributed by atoms with E-state index < -0.39 is 10.0 Å². The lowest BCUT2D eigenvalue weighted by Crippen LogP contribution is -2.25. The van der Waals surface area contributed by atoms with E-state index in [-0.39, 0.29) is 5.03 Å². The molecule has 2 aromatic heterocycles. The van der Waals surface area contributed by atoms with Crippen LogP contribution in [0.25, 0.3) is 0 Å². The van der Waals surface area contributed by atoms with E-state index in [1.165, 1.54) is 5.56 Å². The summed E-state index contributed by atoms with van der Waals surface area (Å²) in [5.41, 5.74) is 2.61. The van der Waals surface area contributed by atoms with Crippen molar-refractivity contribution in [2.45, 2.75) is 38.4 Å². The fraction of sp³-hybridized carbons (Fsp3) is 0.462. The van der Waals surface area contributed by atoms with Crippen molar-refractivity contribution in [1.29, 1.82) is 0 Å². The first-order valence-electron chi connectivity index (χ1n) is 6.73. The number of aromatic nitrogens is 2. The lowest BCUT2D eigenvalue weighted by molar-refractivity contribution is 0.575. The zero-order valence-corrected chi connectivity index (χ0v) is 14.0. The minimum Gasteiger partial charge on any atom is -0.316 e. The fourth-order valence-electron chi connectivity index (χ4n) is 2.10. The van der Waals surface area contributed by atoms with Gasteiger partial charge in [0.15, 0.2) is 5.03 Å². The standard InChI is InChI=1S/C13H20N4O2S2/c1-4-10-5-6-20-12(10)8-15-21(18,19)13-11(7-14-3)9(2)16-17-13/h5-6,14-15H,4,7-8H2,1-3H3,(H,16,17). The Labute approximate surface area is 129 Å². The number of nitrogens with one attached hydrogen (secondary N) is 3.